The molecule has 0 aliphatic carbocycles. The molecule has 5 nitrogen and oxygen atoms in total. The lowest BCUT2D eigenvalue weighted by atomic mass is 9.90. The predicted molar refractivity (Wildman–Crippen MR) is 103 cm³/mol. The van der Waals surface area contributed by atoms with Gasteiger partial charge >= 0.3 is 0 Å². The number of carbonyl (C=O) groups excluding carboxylic acids is 2. The predicted octanol–water partition coefficient (Wildman–Crippen LogP) is 3.67. The van der Waals surface area contributed by atoms with E-state index in [0.717, 1.165) is 18.5 Å². The van der Waals surface area contributed by atoms with Gasteiger partial charge in [0.05, 0.1) is 27.7 Å². The zero-order valence-electron chi connectivity index (χ0n) is 14.7. The van der Waals surface area contributed by atoms with Gasteiger partial charge in [-0.1, -0.05) is 35.3 Å². The minimum atomic E-state index is -0.556. The smallest absolute Gasteiger partial charge is 0.253 e. The molecule has 0 bridgehead atoms. The van der Waals surface area contributed by atoms with E-state index < -0.39 is 12.0 Å². The van der Waals surface area contributed by atoms with Crippen LogP contribution < -0.4 is 4.90 Å². The van der Waals surface area contributed by atoms with Crippen molar-refractivity contribution in [2.75, 3.05) is 18.0 Å². The second-order valence-corrected chi connectivity index (χ2v) is 8.07. The SMILES string of the molecule is O=C1[C@@H]2[C@H](C(=O)N1c1ccc(Cl)c(Cl)c1)N1CCCN1[C@H]2c1ccc(F)cc1. The average Bonchev–Trinajstić information content (AvgIpc) is 3.31. The lowest BCUT2D eigenvalue weighted by molar-refractivity contribution is -0.126. The Morgan fingerprint density at radius 3 is 2.21 bits per heavy atom. The number of carbonyl (C=O) groups is 2. The summed E-state index contributed by atoms with van der Waals surface area (Å²) in [5.74, 6) is -1.41. The van der Waals surface area contributed by atoms with Gasteiger partial charge in [-0.25, -0.2) is 19.3 Å². The van der Waals surface area contributed by atoms with Crippen LogP contribution in [0.3, 0.4) is 0 Å². The number of halogens is 3. The monoisotopic (exact) mass is 419 g/mol. The van der Waals surface area contributed by atoms with Crippen LogP contribution in [0.1, 0.15) is 18.0 Å². The van der Waals surface area contributed by atoms with E-state index in [4.69, 9.17) is 23.2 Å². The number of hydrazine groups is 1. The van der Waals surface area contributed by atoms with E-state index in [1.165, 1.54) is 23.1 Å². The van der Waals surface area contributed by atoms with Crippen LogP contribution in [-0.4, -0.2) is 41.0 Å². The summed E-state index contributed by atoms with van der Waals surface area (Å²) in [6, 6.07) is 10.1. The maximum atomic E-state index is 13.4. The average molecular weight is 420 g/mol. The van der Waals surface area contributed by atoms with E-state index in [1.807, 2.05) is 5.01 Å². The van der Waals surface area contributed by atoms with Gasteiger partial charge in [0.1, 0.15) is 11.9 Å². The van der Waals surface area contributed by atoms with E-state index in [0.29, 0.717) is 17.3 Å². The highest BCUT2D eigenvalue weighted by Gasteiger charge is 2.62. The van der Waals surface area contributed by atoms with E-state index in [2.05, 4.69) is 5.01 Å². The van der Waals surface area contributed by atoms with E-state index in [-0.39, 0.29) is 28.7 Å². The molecule has 144 valence electrons. The van der Waals surface area contributed by atoms with Crippen molar-refractivity contribution in [3.63, 3.8) is 0 Å². The zero-order valence-corrected chi connectivity index (χ0v) is 16.2. The fraction of sp³-hybridized carbons (Fsp3) is 0.300. The van der Waals surface area contributed by atoms with Crippen molar-refractivity contribution >= 4 is 40.7 Å². The minimum Gasteiger partial charge on any atom is -0.274 e. The van der Waals surface area contributed by atoms with Crippen LogP contribution in [0.4, 0.5) is 10.1 Å². The molecule has 3 aliphatic heterocycles. The molecular formula is C20H16Cl2FN3O2. The number of hydrogen-bond donors (Lipinski definition) is 0. The first-order valence-corrected chi connectivity index (χ1v) is 9.84. The van der Waals surface area contributed by atoms with Gasteiger partial charge in [-0.3, -0.25) is 9.59 Å². The molecule has 0 radical (unpaired) electrons. The Kier molecular flexibility index (Phi) is 4.21. The van der Waals surface area contributed by atoms with Crippen molar-refractivity contribution in [2.45, 2.75) is 18.5 Å². The number of hydrogen-bond acceptors (Lipinski definition) is 4. The van der Waals surface area contributed by atoms with Gasteiger partial charge in [-0.15, -0.1) is 0 Å². The molecule has 3 fully saturated rings. The number of imide groups is 1. The molecular weight excluding hydrogens is 404 g/mol. The Labute approximate surface area is 171 Å². The third-order valence-electron chi connectivity index (χ3n) is 5.78. The molecule has 2 amide bonds. The number of rotatable bonds is 2. The molecule has 8 heteroatoms. The molecule has 3 aliphatic rings. The molecule has 0 unspecified atom stereocenters. The highest BCUT2D eigenvalue weighted by atomic mass is 35.5. The van der Waals surface area contributed by atoms with Crippen LogP contribution in [0.25, 0.3) is 0 Å². The largest absolute Gasteiger partial charge is 0.274 e. The standard InChI is InChI=1S/C20H16Cl2FN3O2/c21-14-7-6-13(10-15(14)22)26-19(27)16-17(11-2-4-12(23)5-3-11)24-8-1-9-25(24)18(16)20(26)28/h2-7,10,16-18H,1,8-9H2/t16-,17-,18+/m0/s1. The minimum absolute atomic E-state index is 0.259. The van der Waals surface area contributed by atoms with Crippen LogP contribution in [0.5, 0.6) is 0 Å². The lowest BCUT2D eigenvalue weighted by Gasteiger charge is -2.29. The second kappa shape index (κ2) is 6.52. The highest BCUT2D eigenvalue weighted by molar-refractivity contribution is 6.42. The molecule has 5 rings (SSSR count). The summed E-state index contributed by atoms with van der Waals surface area (Å²) in [5.41, 5.74) is 1.25. The van der Waals surface area contributed by atoms with Crippen LogP contribution in [0.15, 0.2) is 42.5 Å². The van der Waals surface area contributed by atoms with Gasteiger partial charge in [0.15, 0.2) is 0 Å². The molecule has 3 atom stereocenters. The number of benzene rings is 2. The maximum absolute atomic E-state index is 13.4. The fourth-order valence-electron chi connectivity index (χ4n) is 4.65. The third-order valence-corrected chi connectivity index (χ3v) is 6.52. The topological polar surface area (TPSA) is 43.9 Å². The Morgan fingerprint density at radius 2 is 1.54 bits per heavy atom. The van der Waals surface area contributed by atoms with Crippen molar-refractivity contribution in [1.82, 2.24) is 10.0 Å². The summed E-state index contributed by atoms with van der Waals surface area (Å²) in [7, 11) is 0. The van der Waals surface area contributed by atoms with Gasteiger partial charge in [0.2, 0.25) is 5.91 Å². The van der Waals surface area contributed by atoms with Gasteiger partial charge in [-0.2, -0.15) is 0 Å². The Bertz CT molecular complexity index is 984. The molecule has 0 spiro atoms. The maximum Gasteiger partial charge on any atom is 0.253 e. The summed E-state index contributed by atoms with van der Waals surface area (Å²) in [4.78, 5) is 27.9. The summed E-state index contributed by atoms with van der Waals surface area (Å²) in [6.07, 6.45) is 0.912. The normalized spacial score (nSPS) is 27.5. The van der Waals surface area contributed by atoms with Crippen LogP contribution in [-0.2, 0) is 9.59 Å². The van der Waals surface area contributed by atoms with Crippen molar-refractivity contribution in [2.24, 2.45) is 5.92 Å². The lowest BCUT2D eigenvalue weighted by Crippen LogP contribution is -2.44. The molecule has 2 aromatic rings. The number of fused-ring (bicyclic) bond motifs is 3. The summed E-state index contributed by atoms with van der Waals surface area (Å²) >= 11 is 12.1. The van der Waals surface area contributed by atoms with E-state index >= 15 is 0 Å². The second-order valence-electron chi connectivity index (χ2n) is 7.26. The molecule has 3 heterocycles. The molecule has 28 heavy (non-hydrogen) atoms. The van der Waals surface area contributed by atoms with Crippen molar-refractivity contribution in [3.8, 4) is 0 Å². The molecule has 0 saturated carbocycles. The molecule has 0 N–H and O–H groups in total. The van der Waals surface area contributed by atoms with E-state index in [1.54, 1.807) is 24.3 Å². The third kappa shape index (κ3) is 2.52. The van der Waals surface area contributed by atoms with Crippen molar-refractivity contribution < 1.29 is 14.0 Å². The first kappa shape index (κ1) is 18.1. The van der Waals surface area contributed by atoms with Crippen LogP contribution >= 0.6 is 23.2 Å². The fourth-order valence-corrected chi connectivity index (χ4v) is 4.94. The first-order chi connectivity index (χ1) is 13.5. The van der Waals surface area contributed by atoms with Crippen molar-refractivity contribution in [1.29, 1.82) is 0 Å². The number of anilines is 1. The Morgan fingerprint density at radius 1 is 0.857 bits per heavy atom. The van der Waals surface area contributed by atoms with Gasteiger partial charge in [-0.05, 0) is 42.3 Å². The Hall–Kier alpha value is -1.99. The highest BCUT2D eigenvalue weighted by Crippen LogP contribution is 2.49. The number of nitrogens with zero attached hydrogens (tertiary/aromatic N) is 3. The van der Waals surface area contributed by atoms with Gasteiger partial charge < -0.3 is 0 Å². The summed E-state index contributed by atoms with van der Waals surface area (Å²) in [6.45, 7) is 1.48. The Balaban J connectivity index is 1.58. The van der Waals surface area contributed by atoms with Gasteiger partial charge in [0, 0.05) is 13.1 Å². The van der Waals surface area contributed by atoms with E-state index in [9.17, 15) is 14.0 Å². The van der Waals surface area contributed by atoms with Crippen molar-refractivity contribution in [3.05, 3.63) is 63.9 Å². The van der Waals surface area contributed by atoms with Crippen LogP contribution in [0, 0.1) is 11.7 Å². The zero-order chi connectivity index (χ0) is 19.6. The summed E-state index contributed by atoms with van der Waals surface area (Å²) < 4.78 is 13.4. The number of amides is 2. The first-order valence-electron chi connectivity index (χ1n) is 9.09. The molecule has 2 aromatic carbocycles. The molecule has 3 saturated heterocycles. The van der Waals surface area contributed by atoms with Crippen LogP contribution in [0.2, 0.25) is 10.0 Å². The van der Waals surface area contributed by atoms with Gasteiger partial charge in [0.25, 0.3) is 5.91 Å². The quantitative estimate of drug-likeness (QED) is 0.696. The molecule has 0 aromatic heterocycles. The summed E-state index contributed by atoms with van der Waals surface area (Å²) in [5, 5.41) is 4.73.